The van der Waals surface area contributed by atoms with Crippen molar-refractivity contribution in [3.05, 3.63) is 17.0 Å². The molecule has 18 heavy (non-hydrogen) atoms. The summed E-state index contributed by atoms with van der Waals surface area (Å²) in [6.45, 7) is 3.24. The van der Waals surface area contributed by atoms with E-state index in [0.29, 0.717) is 31.1 Å². The number of hydrogen-bond donors (Lipinski definition) is 1. The second kappa shape index (κ2) is 4.12. The van der Waals surface area contributed by atoms with Gasteiger partial charge in [-0.1, -0.05) is 0 Å². The molecule has 0 atom stereocenters. The van der Waals surface area contributed by atoms with Crippen LogP contribution in [0.25, 0.3) is 0 Å². The van der Waals surface area contributed by atoms with Crippen molar-refractivity contribution in [2.75, 3.05) is 13.2 Å². The number of carbonyl (C=O) groups is 2. The molecule has 0 saturated heterocycles. The Morgan fingerprint density at radius 3 is 3.00 bits per heavy atom. The molecule has 0 unspecified atom stereocenters. The quantitative estimate of drug-likeness (QED) is 0.799. The molecule has 3 rings (SSSR count). The second-order valence-electron chi connectivity index (χ2n) is 4.58. The van der Waals surface area contributed by atoms with Crippen molar-refractivity contribution in [3.63, 3.8) is 0 Å². The minimum atomic E-state index is -0.422. The van der Waals surface area contributed by atoms with Gasteiger partial charge in [0, 0.05) is 12.1 Å². The van der Waals surface area contributed by atoms with Crippen LogP contribution in [-0.2, 0) is 11.3 Å². The van der Waals surface area contributed by atoms with Crippen LogP contribution >= 0.6 is 0 Å². The first-order chi connectivity index (χ1) is 8.72. The monoisotopic (exact) mass is 249 g/mol. The normalized spacial score (nSPS) is 18.2. The molecule has 1 aromatic rings. The van der Waals surface area contributed by atoms with Crippen LogP contribution in [0.3, 0.4) is 0 Å². The van der Waals surface area contributed by atoms with Gasteiger partial charge in [-0.2, -0.15) is 5.10 Å². The predicted molar refractivity (Wildman–Crippen MR) is 62.5 cm³/mol. The minimum Gasteiger partial charge on any atom is -0.461 e. The lowest BCUT2D eigenvalue weighted by molar-refractivity contribution is 0.0517. The van der Waals surface area contributed by atoms with Gasteiger partial charge in [0.1, 0.15) is 5.69 Å². The van der Waals surface area contributed by atoms with Crippen LogP contribution in [0.5, 0.6) is 0 Å². The van der Waals surface area contributed by atoms with Gasteiger partial charge in [0.05, 0.1) is 13.2 Å². The molecular weight excluding hydrogens is 234 g/mol. The Morgan fingerprint density at radius 1 is 1.56 bits per heavy atom. The van der Waals surface area contributed by atoms with E-state index in [9.17, 15) is 9.59 Å². The van der Waals surface area contributed by atoms with E-state index < -0.39 is 5.97 Å². The molecule has 2 aliphatic rings. The van der Waals surface area contributed by atoms with Crippen molar-refractivity contribution in [1.82, 2.24) is 15.1 Å². The van der Waals surface area contributed by atoms with Crippen molar-refractivity contribution in [3.8, 4) is 0 Å². The first-order valence-electron chi connectivity index (χ1n) is 6.28. The molecule has 1 fully saturated rings. The highest BCUT2D eigenvalue weighted by molar-refractivity contribution is 5.99. The van der Waals surface area contributed by atoms with Crippen molar-refractivity contribution >= 4 is 11.9 Å². The summed E-state index contributed by atoms with van der Waals surface area (Å²) in [6, 6.07) is 0. The van der Waals surface area contributed by atoms with Crippen molar-refractivity contribution in [2.24, 2.45) is 0 Å². The zero-order valence-corrected chi connectivity index (χ0v) is 10.2. The summed E-state index contributed by atoms with van der Waals surface area (Å²) in [5.41, 5.74) is 1.66. The van der Waals surface area contributed by atoms with Gasteiger partial charge < -0.3 is 10.1 Å². The number of ether oxygens (including phenoxy) is 1. The molecule has 0 spiro atoms. The van der Waals surface area contributed by atoms with E-state index in [1.807, 2.05) is 0 Å². The average molecular weight is 249 g/mol. The van der Waals surface area contributed by atoms with Crippen LogP contribution < -0.4 is 5.32 Å². The fourth-order valence-corrected chi connectivity index (χ4v) is 2.35. The largest absolute Gasteiger partial charge is 0.461 e. The van der Waals surface area contributed by atoms with Crippen LogP contribution in [0.4, 0.5) is 0 Å². The maximum Gasteiger partial charge on any atom is 0.359 e. The topological polar surface area (TPSA) is 73.2 Å². The Kier molecular flexibility index (Phi) is 2.57. The van der Waals surface area contributed by atoms with E-state index in [0.717, 1.165) is 18.4 Å². The highest BCUT2D eigenvalue weighted by Crippen LogP contribution is 2.43. The number of aromatic nitrogens is 2. The first kappa shape index (κ1) is 11.3. The van der Waals surface area contributed by atoms with Crippen LogP contribution in [-0.4, -0.2) is 34.8 Å². The lowest BCUT2D eigenvalue weighted by Crippen LogP contribution is -2.36. The number of rotatable bonds is 3. The third-order valence-electron chi connectivity index (χ3n) is 3.27. The lowest BCUT2D eigenvalue weighted by atomic mass is 10.1. The van der Waals surface area contributed by atoms with Crippen molar-refractivity contribution in [1.29, 1.82) is 0 Å². The highest BCUT2D eigenvalue weighted by atomic mass is 16.5. The SMILES string of the molecule is CCOC(=O)c1nn2c(c1C1CC1)C(=O)NCC2. The Balaban J connectivity index is 2.08. The Bertz CT molecular complexity index is 517. The van der Waals surface area contributed by atoms with Gasteiger partial charge in [-0.3, -0.25) is 9.48 Å². The molecule has 6 heteroatoms. The number of amides is 1. The molecule has 96 valence electrons. The molecule has 0 bridgehead atoms. The maximum atomic E-state index is 11.9. The van der Waals surface area contributed by atoms with E-state index >= 15 is 0 Å². The maximum absolute atomic E-state index is 11.9. The third kappa shape index (κ3) is 1.68. The second-order valence-corrected chi connectivity index (χ2v) is 4.58. The fraction of sp³-hybridized carbons (Fsp3) is 0.583. The Hall–Kier alpha value is -1.85. The molecule has 1 saturated carbocycles. The van der Waals surface area contributed by atoms with Gasteiger partial charge in [-0.25, -0.2) is 4.79 Å². The minimum absolute atomic E-state index is 0.133. The van der Waals surface area contributed by atoms with Gasteiger partial charge in [0.15, 0.2) is 5.69 Å². The van der Waals surface area contributed by atoms with Crippen molar-refractivity contribution in [2.45, 2.75) is 32.2 Å². The van der Waals surface area contributed by atoms with Crippen LogP contribution in [0.1, 0.15) is 52.2 Å². The van der Waals surface area contributed by atoms with Crippen molar-refractivity contribution < 1.29 is 14.3 Å². The number of carbonyl (C=O) groups excluding carboxylic acids is 2. The zero-order valence-electron chi connectivity index (χ0n) is 10.2. The summed E-state index contributed by atoms with van der Waals surface area (Å²) < 4.78 is 6.65. The molecule has 0 aromatic carbocycles. The standard InChI is InChI=1S/C12H15N3O3/c1-2-18-12(17)9-8(7-3-4-7)10-11(16)13-5-6-15(10)14-9/h7H,2-6H2,1H3,(H,13,16). The number of hydrogen-bond acceptors (Lipinski definition) is 4. The van der Waals surface area contributed by atoms with Gasteiger partial charge in [-0.05, 0) is 25.7 Å². The van der Waals surface area contributed by atoms with E-state index in [4.69, 9.17) is 4.74 Å². The summed E-state index contributed by atoms with van der Waals surface area (Å²) in [7, 11) is 0. The fourth-order valence-electron chi connectivity index (χ4n) is 2.35. The summed E-state index contributed by atoms with van der Waals surface area (Å²) in [6.07, 6.45) is 2.02. The summed E-state index contributed by atoms with van der Waals surface area (Å²) in [5, 5.41) is 7.06. The average Bonchev–Trinajstić information content (AvgIpc) is 3.10. The summed E-state index contributed by atoms with van der Waals surface area (Å²) >= 11 is 0. The molecular formula is C12H15N3O3. The van der Waals surface area contributed by atoms with E-state index in [1.165, 1.54) is 0 Å². The molecule has 2 heterocycles. The third-order valence-corrected chi connectivity index (χ3v) is 3.27. The number of nitrogens with one attached hydrogen (secondary N) is 1. The molecule has 1 amide bonds. The van der Waals surface area contributed by atoms with Crippen LogP contribution in [0.15, 0.2) is 0 Å². The first-order valence-corrected chi connectivity index (χ1v) is 6.28. The van der Waals surface area contributed by atoms with Crippen LogP contribution in [0, 0.1) is 0 Å². The van der Waals surface area contributed by atoms with Gasteiger partial charge in [-0.15, -0.1) is 0 Å². The smallest absolute Gasteiger partial charge is 0.359 e. The van der Waals surface area contributed by atoms with Gasteiger partial charge >= 0.3 is 5.97 Å². The molecule has 0 radical (unpaired) electrons. The van der Waals surface area contributed by atoms with E-state index in [-0.39, 0.29) is 11.8 Å². The molecule has 6 nitrogen and oxygen atoms in total. The van der Waals surface area contributed by atoms with Crippen LogP contribution in [0.2, 0.25) is 0 Å². The number of esters is 1. The van der Waals surface area contributed by atoms with E-state index in [1.54, 1.807) is 11.6 Å². The number of fused-ring (bicyclic) bond motifs is 1. The Labute approximate surface area is 104 Å². The molecule has 1 aromatic heterocycles. The summed E-state index contributed by atoms with van der Waals surface area (Å²) in [5.74, 6) is -0.266. The van der Waals surface area contributed by atoms with Gasteiger partial charge in [0.25, 0.3) is 5.91 Å². The van der Waals surface area contributed by atoms with E-state index in [2.05, 4.69) is 10.4 Å². The summed E-state index contributed by atoms with van der Waals surface area (Å²) in [4.78, 5) is 23.8. The molecule has 1 aliphatic heterocycles. The molecule has 1 aliphatic carbocycles. The highest BCUT2D eigenvalue weighted by Gasteiger charge is 2.38. The zero-order chi connectivity index (χ0) is 12.7. The Morgan fingerprint density at radius 2 is 2.33 bits per heavy atom. The van der Waals surface area contributed by atoms with Gasteiger partial charge in [0.2, 0.25) is 0 Å². The lowest BCUT2D eigenvalue weighted by Gasteiger charge is -2.15. The molecule has 1 N–H and O–H groups in total. The number of nitrogens with zero attached hydrogens (tertiary/aromatic N) is 2. The predicted octanol–water partition coefficient (Wildman–Crippen LogP) is 0.681.